The van der Waals surface area contributed by atoms with E-state index in [1.54, 1.807) is 0 Å². The van der Waals surface area contributed by atoms with Gasteiger partial charge in [0.25, 0.3) is 0 Å². The van der Waals surface area contributed by atoms with E-state index in [1.807, 2.05) is 57.2 Å². The molecule has 0 saturated heterocycles. The molecule has 4 heteroatoms. The van der Waals surface area contributed by atoms with Crippen molar-refractivity contribution in [1.82, 2.24) is 5.32 Å². The number of nitrogens with one attached hydrogen (secondary N) is 1. The van der Waals surface area contributed by atoms with Gasteiger partial charge >= 0.3 is 0 Å². The van der Waals surface area contributed by atoms with Gasteiger partial charge in [0, 0.05) is 25.8 Å². The van der Waals surface area contributed by atoms with Gasteiger partial charge in [-0.05, 0) is 62.0 Å². The minimum Gasteiger partial charge on any atom is -0.374 e. The lowest BCUT2D eigenvalue weighted by Gasteiger charge is -2.26. The van der Waals surface area contributed by atoms with E-state index in [9.17, 15) is 9.69 Å². The Balaban J connectivity index is 1.67. The molecular weight excluding hydrogens is 413 g/mol. The van der Waals surface area contributed by atoms with Crippen LogP contribution >= 0.6 is 8.15 Å². The van der Waals surface area contributed by atoms with Crippen molar-refractivity contribution in [3.8, 4) is 11.1 Å². The second kappa shape index (κ2) is 11.4. The molecule has 0 radical (unpaired) electrons. The minimum absolute atomic E-state index is 0.0193. The molecular formula is C28H34NO2P. The SMILES string of the molecule is CC(C)(C)NC(=O)C(Cc1ccc(-c2ccccc2)cc1)CP(O)CCc1ccccc1. The van der Waals surface area contributed by atoms with Crippen LogP contribution in [-0.2, 0) is 17.6 Å². The number of amides is 1. The number of carbonyl (C=O) groups excluding carboxylic acids is 1. The van der Waals surface area contributed by atoms with E-state index in [1.165, 1.54) is 11.1 Å². The Labute approximate surface area is 193 Å². The van der Waals surface area contributed by atoms with Crippen LogP contribution in [0.1, 0.15) is 31.9 Å². The first-order chi connectivity index (χ1) is 15.3. The van der Waals surface area contributed by atoms with E-state index in [2.05, 4.69) is 53.8 Å². The molecule has 0 heterocycles. The zero-order valence-electron chi connectivity index (χ0n) is 19.3. The summed E-state index contributed by atoms with van der Waals surface area (Å²) in [6, 6.07) is 28.9. The highest BCUT2D eigenvalue weighted by atomic mass is 31.1. The normalized spacial score (nSPS) is 13.4. The van der Waals surface area contributed by atoms with Gasteiger partial charge in [0.2, 0.25) is 5.91 Å². The maximum Gasteiger partial charge on any atom is 0.224 e. The number of hydrogen-bond acceptors (Lipinski definition) is 2. The maximum absolute atomic E-state index is 13.0. The monoisotopic (exact) mass is 447 g/mol. The Bertz CT molecular complexity index is 966. The van der Waals surface area contributed by atoms with E-state index in [-0.39, 0.29) is 17.4 Å². The van der Waals surface area contributed by atoms with Crippen molar-refractivity contribution in [2.75, 3.05) is 12.3 Å². The highest BCUT2D eigenvalue weighted by Crippen LogP contribution is 2.35. The Morgan fingerprint density at radius 3 is 2.00 bits per heavy atom. The molecule has 2 N–H and O–H groups in total. The molecule has 0 aliphatic rings. The fraction of sp³-hybridized carbons (Fsp3) is 0.321. The summed E-state index contributed by atoms with van der Waals surface area (Å²) in [5.74, 6) is -0.227. The Morgan fingerprint density at radius 1 is 0.844 bits per heavy atom. The fourth-order valence-corrected chi connectivity index (χ4v) is 5.21. The summed E-state index contributed by atoms with van der Waals surface area (Å²) in [4.78, 5) is 23.8. The van der Waals surface area contributed by atoms with Crippen LogP contribution in [0.15, 0.2) is 84.9 Å². The van der Waals surface area contributed by atoms with Gasteiger partial charge in [-0.1, -0.05) is 84.9 Å². The lowest BCUT2D eigenvalue weighted by atomic mass is 9.96. The van der Waals surface area contributed by atoms with Crippen LogP contribution in [0, 0.1) is 5.92 Å². The van der Waals surface area contributed by atoms with E-state index < -0.39 is 8.15 Å². The lowest BCUT2D eigenvalue weighted by molar-refractivity contribution is -0.125. The zero-order valence-corrected chi connectivity index (χ0v) is 20.2. The molecule has 2 unspecified atom stereocenters. The summed E-state index contributed by atoms with van der Waals surface area (Å²) in [5.41, 5.74) is 4.39. The molecule has 3 rings (SSSR count). The second-order valence-corrected chi connectivity index (χ2v) is 11.2. The molecule has 0 spiro atoms. The van der Waals surface area contributed by atoms with Crippen molar-refractivity contribution >= 4 is 14.1 Å². The molecule has 1 amide bonds. The third-order valence-electron chi connectivity index (χ3n) is 5.34. The summed E-state index contributed by atoms with van der Waals surface area (Å²) in [5, 5.41) is 3.12. The second-order valence-electron chi connectivity index (χ2n) is 9.35. The van der Waals surface area contributed by atoms with Gasteiger partial charge in [0.15, 0.2) is 0 Å². The molecule has 0 aromatic heterocycles. The number of carbonyl (C=O) groups is 1. The average Bonchev–Trinajstić information content (AvgIpc) is 2.78. The summed E-state index contributed by atoms with van der Waals surface area (Å²) < 4.78 is 0. The van der Waals surface area contributed by atoms with Crippen LogP contribution < -0.4 is 5.32 Å². The van der Waals surface area contributed by atoms with Crippen LogP contribution in [0.5, 0.6) is 0 Å². The molecule has 0 saturated carbocycles. The van der Waals surface area contributed by atoms with Gasteiger partial charge in [0.05, 0.1) is 0 Å². The Hall–Kier alpha value is -2.48. The molecule has 0 fully saturated rings. The number of benzene rings is 3. The predicted molar refractivity (Wildman–Crippen MR) is 136 cm³/mol. The van der Waals surface area contributed by atoms with Crippen molar-refractivity contribution in [2.45, 2.75) is 39.2 Å². The van der Waals surface area contributed by atoms with Crippen molar-refractivity contribution in [2.24, 2.45) is 5.92 Å². The number of aryl methyl sites for hydroxylation is 1. The number of rotatable bonds is 9. The van der Waals surface area contributed by atoms with Crippen LogP contribution in [0.25, 0.3) is 11.1 Å². The molecule has 168 valence electrons. The molecule has 32 heavy (non-hydrogen) atoms. The topological polar surface area (TPSA) is 49.3 Å². The Morgan fingerprint density at radius 2 is 1.41 bits per heavy atom. The van der Waals surface area contributed by atoms with Gasteiger partial charge < -0.3 is 10.2 Å². The van der Waals surface area contributed by atoms with Gasteiger partial charge in [-0.2, -0.15) is 0 Å². The van der Waals surface area contributed by atoms with Crippen LogP contribution in [0.2, 0.25) is 0 Å². The zero-order chi connectivity index (χ0) is 23.0. The first-order valence-corrected chi connectivity index (χ1v) is 12.9. The molecule has 0 bridgehead atoms. The van der Waals surface area contributed by atoms with Gasteiger partial charge in [-0.3, -0.25) is 4.79 Å². The Kier molecular flexibility index (Phi) is 8.61. The molecule has 0 aliphatic carbocycles. The third kappa shape index (κ3) is 7.89. The third-order valence-corrected chi connectivity index (χ3v) is 6.95. The summed E-state index contributed by atoms with van der Waals surface area (Å²) in [7, 11) is -1.22. The summed E-state index contributed by atoms with van der Waals surface area (Å²) >= 11 is 0. The lowest BCUT2D eigenvalue weighted by Crippen LogP contribution is -2.45. The smallest absolute Gasteiger partial charge is 0.224 e. The van der Waals surface area contributed by atoms with E-state index in [4.69, 9.17) is 0 Å². The highest BCUT2D eigenvalue weighted by Gasteiger charge is 2.26. The fourth-order valence-electron chi connectivity index (χ4n) is 3.71. The highest BCUT2D eigenvalue weighted by molar-refractivity contribution is 7.51. The average molecular weight is 448 g/mol. The summed E-state index contributed by atoms with van der Waals surface area (Å²) in [6.45, 7) is 5.98. The first kappa shape index (κ1) is 24.2. The van der Waals surface area contributed by atoms with Crippen molar-refractivity contribution in [1.29, 1.82) is 0 Å². The minimum atomic E-state index is -1.22. The van der Waals surface area contributed by atoms with Crippen molar-refractivity contribution in [3.05, 3.63) is 96.1 Å². The van der Waals surface area contributed by atoms with Gasteiger partial charge in [-0.25, -0.2) is 0 Å². The van der Waals surface area contributed by atoms with E-state index in [0.717, 1.165) is 17.5 Å². The summed E-state index contributed by atoms with van der Waals surface area (Å²) in [6.07, 6.45) is 2.69. The van der Waals surface area contributed by atoms with Crippen LogP contribution in [-0.4, -0.2) is 28.7 Å². The predicted octanol–water partition coefficient (Wildman–Crippen LogP) is 6.06. The van der Waals surface area contributed by atoms with Crippen LogP contribution in [0.3, 0.4) is 0 Å². The van der Waals surface area contributed by atoms with Gasteiger partial charge in [0.1, 0.15) is 0 Å². The van der Waals surface area contributed by atoms with E-state index >= 15 is 0 Å². The molecule has 3 aromatic rings. The molecule has 0 aliphatic heterocycles. The molecule has 3 aromatic carbocycles. The molecule has 2 atom stereocenters. The first-order valence-electron chi connectivity index (χ1n) is 11.2. The van der Waals surface area contributed by atoms with E-state index in [0.29, 0.717) is 18.7 Å². The largest absolute Gasteiger partial charge is 0.374 e. The van der Waals surface area contributed by atoms with Crippen molar-refractivity contribution < 1.29 is 9.69 Å². The molecule has 3 nitrogen and oxygen atoms in total. The van der Waals surface area contributed by atoms with Crippen LogP contribution in [0.4, 0.5) is 0 Å². The standard InChI is InChI=1S/C28H34NO2P/c1-28(2,3)29-27(30)26(21-32(31)19-18-22-10-6-4-7-11-22)20-23-14-16-25(17-15-23)24-12-8-5-9-13-24/h4-17,26,31H,18-21H2,1-3H3,(H,29,30). The maximum atomic E-state index is 13.0. The quantitative estimate of drug-likeness (QED) is 0.392. The number of hydrogen-bond donors (Lipinski definition) is 2. The van der Waals surface area contributed by atoms with Gasteiger partial charge in [-0.15, -0.1) is 0 Å². The van der Waals surface area contributed by atoms with Crippen molar-refractivity contribution in [3.63, 3.8) is 0 Å².